The van der Waals surface area contributed by atoms with Crippen LogP contribution in [0.15, 0.2) is 24.3 Å². The third-order valence-corrected chi connectivity index (χ3v) is 7.17. The summed E-state index contributed by atoms with van der Waals surface area (Å²) in [6.07, 6.45) is 3.59. The number of aromatic nitrogens is 3. The van der Waals surface area contributed by atoms with E-state index in [0.717, 1.165) is 55.7 Å². The van der Waals surface area contributed by atoms with E-state index in [2.05, 4.69) is 74.6 Å². The molecular formula is C29H47N5O2. The van der Waals surface area contributed by atoms with Crippen LogP contribution in [-0.2, 0) is 11.2 Å². The van der Waals surface area contributed by atoms with Crippen molar-refractivity contribution in [3.8, 4) is 5.69 Å². The average molecular weight is 498 g/mol. The molecule has 0 bridgehead atoms. The lowest BCUT2D eigenvalue weighted by molar-refractivity contribution is 0.0155. The summed E-state index contributed by atoms with van der Waals surface area (Å²) in [4.78, 5) is 18.9. The van der Waals surface area contributed by atoms with Gasteiger partial charge in [0.05, 0.1) is 11.4 Å². The van der Waals surface area contributed by atoms with Gasteiger partial charge in [0.2, 0.25) is 0 Å². The number of unbranched alkanes of at least 4 members (excludes halogenated alkanes) is 1. The summed E-state index contributed by atoms with van der Waals surface area (Å²) >= 11 is 0. The van der Waals surface area contributed by atoms with Crippen LogP contribution in [0.3, 0.4) is 0 Å². The van der Waals surface area contributed by atoms with Gasteiger partial charge in [0.15, 0.2) is 5.69 Å². The van der Waals surface area contributed by atoms with Gasteiger partial charge in [0.25, 0.3) is 5.91 Å². The number of likely N-dealkylation sites (tertiary alicyclic amines) is 1. The van der Waals surface area contributed by atoms with Crippen LogP contribution in [0.2, 0.25) is 0 Å². The molecule has 200 valence electrons. The lowest BCUT2D eigenvalue weighted by Gasteiger charge is -2.47. The lowest BCUT2D eigenvalue weighted by Crippen LogP contribution is -2.57. The van der Waals surface area contributed by atoms with E-state index in [9.17, 15) is 4.79 Å². The van der Waals surface area contributed by atoms with Crippen LogP contribution in [0.25, 0.3) is 5.69 Å². The summed E-state index contributed by atoms with van der Waals surface area (Å²) in [5.74, 6) is 0.908. The molecule has 0 N–H and O–H groups in total. The maximum Gasteiger partial charge on any atom is 0.276 e. The molecule has 1 aromatic carbocycles. The standard InChI is InChI=1S/C29H47N5O2/c1-21(2)18-33(24-17-22(3)19-32(20-24)29(5,6)7)28(35)27-26(15-11-12-16-36-8)34(31-30-27)25-14-10-9-13-23(25)4/h9-10,13-14,21-22,24H,11-12,15-20H2,1-8H3/t22-,24+/m1/s1. The van der Waals surface area contributed by atoms with Gasteiger partial charge in [-0.25, -0.2) is 4.68 Å². The fourth-order valence-electron chi connectivity index (χ4n) is 5.24. The zero-order chi connectivity index (χ0) is 26.5. The normalized spacial score (nSPS) is 19.1. The number of aryl methyl sites for hydroxylation is 1. The molecule has 3 rings (SSSR count). The van der Waals surface area contributed by atoms with E-state index in [4.69, 9.17) is 4.74 Å². The Morgan fingerprint density at radius 2 is 1.92 bits per heavy atom. The largest absolute Gasteiger partial charge is 0.385 e. The first-order chi connectivity index (χ1) is 17.0. The second-order valence-corrected chi connectivity index (χ2v) is 12.0. The Balaban J connectivity index is 1.99. The Bertz CT molecular complexity index is 994. The van der Waals surface area contributed by atoms with Gasteiger partial charge in [0.1, 0.15) is 0 Å². The monoisotopic (exact) mass is 497 g/mol. The highest BCUT2D eigenvalue weighted by Gasteiger charge is 2.37. The summed E-state index contributed by atoms with van der Waals surface area (Å²) in [7, 11) is 1.73. The number of amides is 1. The average Bonchev–Trinajstić information content (AvgIpc) is 3.22. The van der Waals surface area contributed by atoms with Crippen molar-refractivity contribution >= 4 is 5.91 Å². The summed E-state index contributed by atoms with van der Waals surface area (Å²) < 4.78 is 7.15. The number of carbonyl (C=O) groups excluding carboxylic acids is 1. The van der Waals surface area contributed by atoms with E-state index in [0.29, 0.717) is 30.7 Å². The van der Waals surface area contributed by atoms with Crippen LogP contribution < -0.4 is 0 Å². The van der Waals surface area contributed by atoms with E-state index in [1.165, 1.54) is 0 Å². The first-order valence-electron chi connectivity index (χ1n) is 13.6. The number of ether oxygens (including phenoxy) is 1. The molecule has 7 nitrogen and oxygen atoms in total. The topological polar surface area (TPSA) is 63.5 Å². The number of nitrogens with zero attached hydrogens (tertiary/aromatic N) is 5. The molecule has 1 aliphatic heterocycles. The van der Waals surface area contributed by atoms with Gasteiger partial charge in [-0.3, -0.25) is 9.69 Å². The van der Waals surface area contributed by atoms with Gasteiger partial charge in [-0.05, 0) is 76.8 Å². The highest BCUT2D eigenvalue weighted by atomic mass is 16.5. The SMILES string of the molecule is COCCCCc1c(C(=O)N(CC(C)C)[C@H]2C[C@@H](C)CN(C(C)(C)C)C2)nnn1-c1ccccc1C. The molecule has 0 aliphatic carbocycles. The highest BCUT2D eigenvalue weighted by molar-refractivity contribution is 5.93. The van der Waals surface area contributed by atoms with Crippen molar-refractivity contribution in [2.24, 2.45) is 11.8 Å². The van der Waals surface area contributed by atoms with Crippen molar-refractivity contribution in [3.05, 3.63) is 41.2 Å². The number of para-hydroxylation sites is 1. The predicted molar refractivity (Wildman–Crippen MR) is 146 cm³/mol. The number of piperidine rings is 1. The molecule has 2 aromatic rings. The fourth-order valence-corrected chi connectivity index (χ4v) is 5.24. The zero-order valence-electron chi connectivity index (χ0n) is 23.8. The minimum Gasteiger partial charge on any atom is -0.385 e. The van der Waals surface area contributed by atoms with Crippen molar-refractivity contribution in [3.63, 3.8) is 0 Å². The molecule has 7 heteroatoms. The van der Waals surface area contributed by atoms with Crippen molar-refractivity contribution in [2.75, 3.05) is 33.4 Å². The molecule has 1 saturated heterocycles. The summed E-state index contributed by atoms with van der Waals surface area (Å²) in [5.41, 5.74) is 3.56. The van der Waals surface area contributed by atoms with E-state index >= 15 is 0 Å². The molecule has 1 amide bonds. The number of methoxy groups -OCH3 is 1. The van der Waals surface area contributed by atoms with Gasteiger partial charge in [-0.2, -0.15) is 0 Å². The molecular weight excluding hydrogens is 450 g/mol. The van der Waals surface area contributed by atoms with Crippen molar-refractivity contribution in [1.29, 1.82) is 0 Å². The number of hydrogen-bond donors (Lipinski definition) is 0. The smallest absolute Gasteiger partial charge is 0.276 e. The summed E-state index contributed by atoms with van der Waals surface area (Å²) in [6, 6.07) is 8.31. The van der Waals surface area contributed by atoms with E-state index in [1.807, 2.05) is 22.9 Å². The first kappa shape index (κ1) is 28.3. The number of benzene rings is 1. The van der Waals surface area contributed by atoms with Crippen LogP contribution in [-0.4, -0.2) is 75.6 Å². The Morgan fingerprint density at radius 3 is 2.56 bits per heavy atom. The van der Waals surface area contributed by atoms with Crippen LogP contribution in [0, 0.1) is 18.8 Å². The van der Waals surface area contributed by atoms with Crippen LogP contribution >= 0.6 is 0 Å². The quantitative estimate of drug-likeness (QED) is 0.425. The molecule has 1 aromatic heterocycles. The fraction of sp³-hybridized carbons (Fsp3) is 0.690. The first-order valence-corrected chi connectivity index (χ1v) is 13.6. The zero-order valence-corrected chi connectivity index (χ0v) is 23.8. The predicted octanol–water partition coefficient (Wildman–Crippen LogP) is 5.15. The molecule has 36 heavy (non-hydrogen) atoms. The van der Waals surface area contributed by atoms with E-state index in [1.54, 1.807) is 7.11 Å². The molecule has 1 fully saturated rings. The van der Waals surface area contributed by atoms with Crippen LogP contribution in [0.4, 0.5) is 0 Å². The lowest BCUT2D eigenvalue weighted by atomic mass is 9.90. The van der Waals surface area contributed by atoms with E-state index < -0.39 is 0 Å². The van der Waals surface area contributed by atoms with Crippen molar-refractivity contribution in [2.45, 2.75) is 85.7 Å². The number of hydrogen-bond acceptors (Lipinski definition) is 5. The van der Waals surface area contributed by atoms with Crippen molar-refractivity contribution in [1.82, 2.24) is 24.8 Å². The van der Waals surface area contributed by atoms with Gasteiger partial charge in [-0.1, -0.05) is 44.2 Å². The molecule has 0 radical (unpaired) electrons. The van der Waals surface area contributed by atoms with E-state index in [-0.39, 0.29) is 17.5 Å². The number of rotatable bonds is 10. The van der Waals surface area contributed by atoms with Crippen molar-refractivity contribution < 1.29 is 9.53 Å². The third-order valence-electron chi connectivity index (χ3n) is 7.17. The highest BCUT2D eigenvalue weighted by Crippen LogP contribution is 2.29. The molecule has 0 unspecified atom stereocenters. The van der Waals surface area contributed by atoms with Gasteiger partial charge in [-0.15, -0.1) is 5.10 Å². The summed E-state index contributed by atoms with van der Waals surface area (Å²) in [6.45, 7) is 18.9. The Labute approximate surface area is 218 Å². The Kier molecular flexibility index (Phi) is 9.70. The summed E-state index contributed by atoms with van der Waals surface area (Å²) in [5, 5.41) is 9.04. The van der Waals surface area contributed by atoms with Crippen LogP contribution in [0.5, 0.6) is 0 Å². The Morgan fingerprint density at radius 1 is 1.19 bits per heavy atom. The Hall–Kier alpha value is -2.25. The number of carbonyl (C=O) groups is 1. The molecule has 2 atom stereocenters. The second-order valence-electron chi connectivity index (χ2n) is 12.0. The van der Waals surface area contributed by atoms with Crippen LogP contribution in [0.1, 0.15) is 82.6 Å². The molecule has 2 heterocycles. The van der Waals surface area contributed by atoms with Gasteiger partial charge >= 0.3 is 0 Å². The molecule has 0 spiro atoms. The maximum atomic E-state index is 14.2. The van der Waals surface area contributed by atoms with Gasteiger partial charge in [0, 0.05) is 44.9 Å². The molecule has 1 aliphatic rings. The third kappa shape index (κ3) is 6.94. The van der Waals surface area contributed by atoms with Gasteiger partial charge < -0.3 is 9.64 Å². The second kappa shape index (κ2) is 12.3. The molecule has 0 saturated carbocycles. The minimum atomic E-state index is 0.0123. The maximum absolute atomic E-state index is 14.2. The minimum absolute atomic E-state index is 0.0123.